The number of carbonyl (C=O) groups excluding carboxylic acids is 5. The quantitative estimate of drug-likeness (QED) is 0.210. The van der Waals surface area contributed by atoms with E-state index in [4.69, 9.17) is 9.47 Å². The predicted molar refractivity (Wildman–Crippen MR) is 152 cm³/mol. The van der Waals surface area contributed by atoms with E-state index in [2.05, 4.69) is 25.9 Å². The Hall–Kier alpha value is -4.19. The van der Waals surface area contributed by atoms with Crippen molar-refractivity contribution in [2.75, 3.05) is 19.8 Å². The number of benzene rings is 1. The molecule has 0 aliphatic heterocycles. The topological polar surface area (TPSA) is 166 Å². The average molecular weight is 582 g/mol. The van der Waals surface area contributed by atoms with Crippen LogP contribution in [-0.2, 0) is 35.3 Å². The molecule has 0 saturated heterocycles. The lowest BCUT2D eigenvalue weighted by molar-refractivity contribution is -0.146. The first kappa shape index (κ1) is 32.3. The summed E-state index contributed by atoms with van der Waals surface area (Å²) in [6, 6.07) is 6.85. The zero-order chi connectivity index (χ0) is 30.3. The number of nitrogens with zero attached hydrogens (tertiary/aromatic N) is 2. The van der Waals surface area contributed by atoms with Gasteiger partial charge in [0.1, 0.15) is 24.3 Å². The van der Waals surface area contributed by atoms with Crippen LogP contribution in [0.3, 0.4) is 0 Å². The van der Waals surface area contributed by atoms with Crippen molar-refractivity contribution in [3.8, 4) is 0 Å². The molecule has 1 aromatic heterocycles. The number of hydrogen-bond acceptors (Lipinski definition) is 9. The van der Waals surface area contributed by atoms with E-state index in [0.29, 0.717) is 12.1 Å². The average Bonchev–Trinajstić information content (AvgIpc) is 2.99. The maximum absolute atomic E-state index is 13.6. The first-order chi connectivity index (χ1) is 20.3. The number of ketones is 1. The molecule has 1 aliphatic rings. The smallest absolute Gasteiger partial charge is 0.325 e. The van der Waals surface area contributed by atoms with Gasteiger partial charge in [0.15, 0.2) is 0 Å². The molecule has 0 bridgehead atoms. The number of amides is 3. The van der Waals surface area contributed by atoms with E-state index in [0.717, 1.165) is 37.7 Å². The Balaban J connectivity index is 1.75. The number of rotatable bonds is 15. The molecule has 1 heterocycles. The van der Waals surface area contributed by atoms with Gasteiger partial charge in [-0.15, -0.1) is 0 Å². The van der Waals surface area contributed by atoms with Gasteiger partial charge in [-0.3, -0.25) is 29.0 Å². The van der Waals surface area contributed by atoms with Crippen LogP contribution < -0.4 is 16.0 Å². The Bertz CT molecular complexity index is 1220. The highest BCUT2D eigenvalue weighted by Crippen LogP contribution is 2.27. The van der Waals surface area contributed by atoms with Crippen LogP contribution in [0.2, 0.25) is 0 Å². The molecule has 2 aromatic rings. The Morgan fingerprint density at radius 3 is 2.40 bits per heavy atom. The fraction of sp³-hybridized carbons (Fsp3) is 0.500. The van der Waals surface area contributed by atoms with Crippen molar-refractivity contribution < 1.29 is 33.4 Å². The van der Waals surface area contributed by atoms with Crippen LogP contribution in [0.5, 0.6) is 0 Å². The third-order valence-corrected chi connectivity index (χ3v) is 6.85. The molecule has 12 heteroatoms. The van der Waals surface area contributed by atoms with Crippen molar-refractivity contribution >= 4 is 29.5 Å². The van der Waals surface area contributed by atoms with Gasteiger partial charge in [-0.1, -0.05) is 62.4 Å². The second kappa shape index (κ2) is 16.9. The SMILES string of the molecule is CCOC(=O)CNC(=O)C(=O)C(COCc1ccccc1)NC(=O)[C@H](CC1CCCCC1)NC(=O)c1cncc(C)n1. The predicted octanol–water partition coefficient (Wildman–Crippen LogP) is 1.80. The van der Waals surface area contributed by atoms with Crippen molar-refractivity contribution in [2.45, 2.75) is 71.1 Å². The summed E-state index contributed by atoms with van der Waals surface area (Å²) in [4.78, 5) is 72.2. The largest absolute Gasteiger partial charge is 0.465 e. The van der Waals surface area contributed by atoms with Gasteiger partial charge in [0.2, 0.25) is 11.7 Å². The first-order valence-corrected chi connectivity index (χ1v) is 14.3. The van der Waals surface area contributed by atoms with Gasteiger partial charge >= 0.3 is 5.97 Å². The lowest BCUT2D eigenvalue weighted by atomic mass is 9.84. The monoisotopic (exact) mass is 581 g/mol. The fourth-order valence-corrected chi connectivity index (χ4v) is 4.73. The summed E-state index contributed by atoms with van der Waals surface area (Å²) >= 11 is 0. The van der Waals surface area contributed by atoms with E-state index >= 15 is 0 Å². The van der Waals surface area contributed by atoms with Crippen LogP contribution in [0.25, 0.3) is 0 Å². The number of nitrogens with one attached hydrogen (secondary N) is 3. The zero-order valence-electron chi connectivity index (χ0n) is 24.1. The highest BCUT2D eigenvalue weighted by molar-refractivity contribution is 6.38. The second-order valence-corrected chi connectivity index (χ2v) is 10.2. The Morgan fingerprint density at radius 1 is 0.976 bits per heavy atom. The third-order valence-electron chi connectivity index (χ3n) is 6.85. The number of carbonyl (C=O) groups is 5. The minimum absolute atomic E-state index is 0.0635. The van der Waals surface area contributed by atoms with Gasteiger partial charge in [-0.2, -0.15) is 0 Å². The second-order valence-electron chi connectivity index (χ2n) is 10.2. The number of aryl methyl sites for hydroxylation is 1. The molecule has 3 N–H and O–H groups in total. The van der Waals surface area contributed by atoms with Crippen LogP contribution in [0.1, 0.15) is 67.2 Å². The molecule has 1 saturated carbocycles. The molecule has 1 aliphatic carbocycles. The number of hydrogen-bond donors (Lipinski definition) is 3. The highest BCUT2D eigenvalue weighted by atomic mass is 16.5. The van der Waals surface area contributed by atoms with Gasteiger partial charge < -0.3 is 25.4 Å². The molecular formula is C30H39N5O7. The molecule has 12 nitrogen and oxygen atoms in total. The molecular weight excluding hydrogens is 542 g/mol. The zero-order valence-corrected chi connectivity index (χ0v) is 24.1. The van der Waals surface area contributed by atoms with Crippen molar-refractivity contribution in [1.82, 2.24) is 25.9 Å². The number of esters is 1. The summed E-state index contributed by atoms with van der Waals surface area (Å²) in [5.41, 5.74) is 1.45. The molecule has 226 valence electrons. The maximum Gasteiger partial charge on any atom is 0.325 e. The maximum atomic E-state index is 13.6. The molecule has 0 spiro atoms. The van der Waals surface area contributed by atoms with Crippen molar-refractivity contribution in [1.29, 1.82) is 0 Å². The van der Waals surface area contributed by atoms with Crippen molar-refractivity contribution in [2.24, 2.45) is 5.92 Å². The van der Waals surface area contributed by atoms with Gasteiger partial charge in [-0.05, 0) is 31.7 Å². The van der Waals surface area contributed by atoms with Gasteiger partial charge in [0.05, 0.1) is 31.7 Å². The van der Waals surface area contributed by atoms with E-state index < -0.39 is 48.1 Å². The molecule has 0 radical (unpaired) electrons. The summed E-state index contributed by atoms with van der Waals surface area (Å²) in [5, 5.41) is 7.59. The van der Waals surface area contributed by atoms with Crippen LogP contribution in [-0.4, -0.2) is 71.3 Å². The molecule has 1 aromatic carbocycles. The highest BCUT2D eigenvalue weighted by Gasteiger charge is 2.32. The molecule has 3 amide bonds. The lowest BCUT2D eigenvalue weighted by Gasteiger charge is -2.28. The standard InChI is InChI=1S/C30H39N5O7/c1-3-42-26(36)17-32-30(40)27(37)25(19-41-18-22-12-8-5-9-13-22)35-28(38)23(14-21-10-6-4-7-11-21)34-29(39)24-16-31-15-20(2)33-24/h5,8-9,12-13,15-16,21,23,25H,3-4,6-7,10-11,14,17-19H2,1-2H3,(H,32,40)(H,34,39)(H,35,38)/t23-,25?/m0/s1. The van der Waals surface area contributed by atoms with Gasteiger partial charge in [0, 0.05) is 6.20 Å². The summed E-state index contributed by atoms with van der Waals surface area (Å²) < 4.78 is 10.5. The molecule has 2 atom stereocenters. The molecule has 1 unspecified atom stereocenters. The summed E-state index contributed by atoms with van der Waals surface area (Å²) in [7, 11) is 0. The summed E-state index contributed by atoms with van der Waals surface area (Å²) in [6.45, 7) is 2.78. The minimum atomic E-state index is -1.37. The van der Waals surface area contributed by atoms with Crippen molar-refractivity contribution in [3.63, 3.8) is 0 Å². The Morgan fingerprint density at radius 2 is 1.71 bits per heavy atom. The van der Waals surface area contributed by atoms with E-state index in [1.807, 2.05) is 30.3 Å². The molecule has 3 rings (SSSR count). The lowest BCUT2D eigenvalue weighted by Crippen LogP contribution is -2.56. The number of ether oxygens (including phenoxy) is 2. The van der Waals surface area contributed by atoms with Crippen LogP contribution in [0.15, 0.2) is 42.7 Å². The van der Waals surface area contributed by atoms with Crippen LogP contribution in [0.4, 0.5) is 0 Å². The Labute approximate surface area is 245 Å². The van der Waals surface area contributed by atoms with E-state index in [-0.39, 0.29) is 31.4 Å². The number of Topliss-reactive ketones (excluding diaryl/α,β-unsaturated/α-hetero) is 1. The third kappa shape index (κ3) is 10.7. The van der Waals surface area contributed by atoms with E-state index in [9.17, 15) is 24.0 Å². The summed E-state index contributed by atoms with van der Waals surface area (Å²) in [6.07, 6.45) is 8.21. The Kier molecular flexibility index (Phi) is 13.0. The normalized spacial score (nSPS) is 14.7. The summed E-state index contributed by atoms with van der Waals surface area (Å²) in [5.74, 6) is -3.76. The van der Waals surface area contributed by atoms with Crippen molar-refractivity contribution in [3.05, 3.63) is 59.7 Å². The number of aromatic nitrogens is 2. The van der Waals surface area contributed by atoms with E-state index in [1.165, 1.54) is 12.4 Å². The minimum Gasteiger partial charge on any atom is -0.465 e. The van der Waals surface area contributed by atoms with Crippen LogP contribution >= 0.6 is 0 Å². The van der Waals surface area contributed by atoms with Crippen LogP contribution in [0, 0.1) is 12.8 Å². The first-order valence-electron chi connectivity index (χ1n) is 14.3. The molecule has 42 heavy (non-hydrogen) atoms. The van der Waals surface area contributed by atoms with E-state index in [1.54, 1.807) is 13.8 Å². The van der Waals surface area contributed by atoms with Gasteiger partial charge in [0.25, 0.3) is 11.8 Å². The molecule has 1 fully saturated rings. The van der Waals surface area contributed by atoms with Gasteiger partial charge in [-0.25, -0.2) is 4.98 Å². The fourth-order valence-electron chi connectivity index (χ4n) is 4.73.